The van der Waals surface area contributed by atoms with Gasteiger partial charge in [-0.2, -0.15) is 0 Å². The molecule has 0 atom stereocenters. The number of pyridine rings is 2. The van der Waals surface area contributed by atoms with Crippen molar-refractivity contribution in [1.29, 1.82) is 0 Å². The molecule has 6 heteroatoms. The minimum absolute atomic E-state index is 0. The number of nitrogens with zero attached hydrogens (tertiary/aromatic N) is 3. The van der Waals surface area contributed by atoms with Crippen molar-refractivity contribution in [3.63, 3.8) is 0 Å². The average Bonchev–Trinajstić information content (AvgIpc) is 4.01. The van der Waals surface area contributed by atoms with Crippen LogP contribution in [0.15, 0.2) is 185 Å². The van der Waals surface area contributed by atoms with Crippen molar-refractivity contribution >= 4 is 65.7 Å². The molecule has 7 aromatic carbocycles. The predicted octanol–water partition coefficient (Wildman–Crippen LogP) is 15.9. The van der Waals surface area contributed by atoms with Crippen LogP contribution in [0.1, 0.15) is 50.7 Å². The molecule has 5 heterocycles. The Morgan fingerprint density at radius 3 is 2.03 bits per heavy atom. The maximum Gasteiger partial charge on any atom is 0.140 e. The first-order chi connectivity index (χ1) is 30.9. The summed E-state index contributed by atoms with van der Waals surface area (Å²) in [6, 6.07) is 63.0. The summed E-state index contributed by atoms with van der Waals surface area (Å²) in [6.45, 7) is 9.15. The number of hydrogen-bond acceptors (Lipinski definition) is 4. The molecule has 5 aromatic heterocycles. The zero-order valence-corrected chi connectivity index (χ0v) is 38.3. The largest absolute Gasteiger partial charge is 0.501 e. The van der Waals surface area contributed by atoms with E-state index < -0.39 is 0 Å². The normalized spacial score (nSPS) is 11.6. The van der Waals surface area contributed by atoms with E-state index >= 15 is 0 Å². The van der Waals surface area contributed by atoms with E-state index in [9.17, 15) is 0 Å². The molecule has 0 aliphatic heterocycles. The third kappa shape index (κ3) is 7.00. The van der Waals surface area contributed by atoms with Gasteiger partial charge in [0.1, 0.15) is 16.7 Å². The third-order valence-corrected chi connectivity index (χ3v) is 12.1. The predicted molar refractivity (Wildman–Crippen MR) is 260 cm³/mol. The zero-order chi connectivity index (χ0) is 42.6. The quantitative estimate of drug-likeness (QED) is 0.156. The van der Waals surface area contributed by atoms with Gasteiger partial charge in [-0.25, -0.2) is 0 Å². The Balaban J connectivity index is 0.000000323. The molecule has 0 unspecified atom stereocenters. The Hall–Kier alpha value is -7.11. The van der Waals surface area contributed by atoms with Gasteiger partial charge >= 0.3 is 0 Å². The van der Waals surface area contributed by atoms with E-state index in [0.29, 0.717) is 0 Å². The van der Waals surface area contributed by atoms with Gasteiger partial charge in [0.2, 0.25) is 0 Å². The number of aromatic nitrogens is 3. The molecule has 0 saturated carbocycles. The van der Waals surface area contributed by atoms with Crippen molar-refractivity contribution in [1.82, 2.24) is 14.5 Å². The van der Waals surface area contributed by atoms with Crippen LogP contribution in [0.4, 0.5) is 0 Å². The Morgan fingerprint density at radius 1 is 0.500 bits per heavy atom. The van der Waals surface area contributed by atoms with E-state index in [1.54, 1.807) is 6.20 Å². The van der Waals surface area contributed by atoms with Crippen molar-refractivity contribution in [3.05, 3.63) is 199 Å². The van der Waals surface area contributed by atoms with Gasteiger partial charge in [0, 0.05) is 70.5 Å². The number of benzene rings is 7. The minimum atomic E-state index is 0. The molecule has 12 rings (SSSR count). The number of para-hydroxylation sites is 2. The van der Waals surface area contributed by atoms with Crippen molar-refractivity contribution in [3.8, 4) is 39.3 Å². The van der Waals surface area contributed by atoms with Crippen LogP contribution in [0.5, 0.6) is 0 Å². The molecule has 1 radical (unpaired) electrons. The standard InChI is InChI=1S/C47H35N2O2.C11H8N.Ir/c1-27(2)36-24-37-33-22-21-30(29-13-6-5-7-14-29)23-43(33)51-47(37)44(28(3)4)45(36)49-40-19-10-8-15-31(40)38-26-48-39(25-41(38)49)35-18-12-17-34-32-16-9-11-20-42(32)50-46(34)35;1-2-6-10(7-3-1)11-8-4-5-9-12-11;/h5-17,19-28H,1-4H3;1-6,8-9H;/q2*-1;. The second-order valence-corrected chi connectivity index (χ2v) is 16.7. The van der Waals surface area contributed by atoms with Gasteiger partial charge in [-0.15, -0.1) is 54.1 Å². The fraction of sp³-hybridized carbons (Fsp3) is 0.103. The van der Waals surface area contributed by atoms with Crippen LogP contribution in [0.3, 0.4) is 0 Å². The summed E-state index contributed by atoms with van der Waals surface area (Å²) in [7, 11) is 0. The van der Waals surface area contributed by atoms with Gasteiger partial charge in [0.25, 0.3) is 0 Å². The Labute approximate surface area is 385 Å². The molecule has 5 nitrogen and oxygen atoms in total. The summed E-state index contributed by atoms with van der Waals surface area (Å²) < 4.78 is 15.8. The molecule has 0 N–H and O–H groups in total. The molecule has 0 aliphatic rings. The molecule has 12 aromatic rings. The van der Waals surface area contributed by atoms with E-state index in [2.05, 4.69) is 153 Å². The first kappa shape index (κ1) is 40.9. The van der Waals surface area contributed by atoms with E-state index in [0.717, 1.165) is 88.4 Å². The Morgan fingerprint density at radius 2 is 1.25 bits per heavy atom. The SMILES string of the molecule is CC(C)c1cc2c(oc3cc(-c4ccccc4)ccc32)c(C(C)C)c1-n1c2ccccc2c2cnc(-c3[c-]ccc4c3oc3ccccc34)cc21.[Ir].[c-]1ccccc1-c1ccccn1. The third-order valence-electron chi connectivity index (χ3n) is 12.1. The number of hydrogen-bond donors (Lipinski definition) is 0. The molecule has 64 heavy (non-hydrogen) atoms. The molecule has 313 valence electrons. The molecule has 0 fully saturated rings. The van der Waals surface area contributed by atoms with Crippen molar-refractivity contribution in [2.75, 3.05) is 0 Å². The summed E-state index contributed by atoms with van der Waals surface area (Å²) in [4.78, 5) is 9.28. The van der Waals surface area contributed by atoms with Crippen LogP contribution < -0.4 is 0 Å². The number of fused-ring (bicyclic) bond motifs is 9. The van der Waals surface area contributed by atoms with Crippen molar-refractivity contribution in [2.45, 2.75) is 39.5 Å². The van der Waals surface area contributed by atoms with Crippen molar-refractivity contribution in [2.24, 2.45) is 0 Å². The Bertz CT molecular complexity index is 3590. The summed E-state index contributed by atoms with van der Waals surface area (Å²) >= 11 is 0. The van der Waals surface area contributed by atoms with Crippen LogP contribution in [0, 0.1) is 12.1 Å². The van der Waals surface area contributed by atoms with Gasteiger partial charge in [0.05, 0.1) is 16.8 Å². The molecule has 0 aliphatic carbocycles. The topological polar surface area (TPSA) is 57.0 Å². The van der Waals surface area contributed by atoms with E-state index in [1.165, 1.54) is 27.8 Å². The first-order valence-corrected chi connectivity index (χ1v) is 21.6. The number of rotatable bonds is 6. The fourth-order valence-corrected chi connectivity index (χ4v) is 9.18. The maximum atomic E-state index is 6.93. The smallest absolute Gasteiger partial charge is 0.140 e. The monoisotopic (exact) mass is 1010 g/mol. The summed E-state index contributed by atoms with van der Waals surface area (Å²) in [5, 5.41) is 6.73. The number of furan rings is 2. The molecule has 0 bridgehead atoms. The second-order valence-electron chi connectivity index (χ2n) is 16.7. The van der Waals surface area contributed by atoms with Gasteiger partial charge in [-0.05, 0) is 76.3 Å². The summed E-state index contributed by atoms with van der Waals surface area (Å²) in [5.74, 6) is 0.441. The summed E-state index contributed by atoms with van der Waals surface area (Å²) in [6.07, 6.45) is 3.81. The maximum absolute atomic E-state index is 6.93. The molecule has 0 spiro atoms. The van der Waals surface area contributed by atoms with Crippen LogP contribution >= 0.6 is 0 Å². The van der Waals surface area contributed by atoms with Gasteiger partial charge < -0.3 is 23.4 Å². The van der Waals surface area contributed by atoms with Gasteiger partial charge in [0.15, 0.2) is 0 Å². The van der Waals surface area contributed by atoms with Gasteiger partial charge in [-0.3, -0.25) is 0 Å². The van der Waals surface area contributed by atoms with Crippen LogP contribution in [-0.2, 0) is 20.1 Å². The van der Waals surface area contributed by atoms with E-state index in [4.69, 9.17) is 13.8 Å². The molecule has 0 amide bonds. The van der Waals surface area contributed by atoms with Crippen molar-refractivity contribution < 1.29 is 28.9 Å². The van der Waals surface area contributed by atoms with Crippen LogP contribution in [0.2, 0.25) is 0 Å². The summed E-state index contributed by atoms with van der Waals surface area (Å²) in [5.41, 5.74) is 15.5. The first-order valence-electron chi connectivity index (χ1n) is 21.6. The van der Waals surface area contributed by atoms with Crippen LogP contribution in [0.25, 0.3) is 105 Å². The molecule has 0 saturated heterocycles. The van der Waals surface area contributed by atoms with E-state index in [1.807, 2.05) is 66.9 Å². The Kier molecular flexibility index (Phi) is 10.8. The van der Waals surface area contributed by atoms with E-state index in [-0.39, 0.29) is 31.9 Å². The molecular formula is C58H43IrN3O2-2. The van der Waals surface area contributed by atoms with Crippen LogP contribution in [-0.4, -0.2) is 14.5 Å². The minimum Gasteiger partial charge on any atom is -0.501 e. The zero-order valence-electron chi connectivity index (χ0n) is 35.9. The second kappa shape index (κ2) is 16.9. The van der Waals surface area contributed by atoms with Gasteiger partial charge in [-0.1, -0.05) is 130 Å². The molecular weight excluding hydrogens is 963 g/mol. The fourth-order valence-electron chi connectivity index (χ4n) is 9.18. The average molecular weight is 1010 g/mol.